The number of nitrogens with zero attached hydrogens (tertiary/aromatic N) is 4. The second-order valence-corrected chi connectivity index (χ2v) is 3.66. The lowest BCUT2D eigenvalue weighted by Gasteiger charge is -2.10. The summed E-state index contributed by atoms with van der Waals surface area (Å²) in [7, 11) is 3.79. The van der Waals surface area contributed by atoms with Crippen LogP contribution in [0.15, 0.2) is 0 Å². The van der Waals surface area contributed by atoms with Crippen molar-refractivity contribution in [3.63, 3.8) is 0 Å². The molecule has 0 unspecified atom stereocenters. The quantitative estimate of drug-likeness (QED) is 0.686. The molecule has 0 bridgehead atoms. The van der Waals surface area contributed by atoms with Crippen LogP contribution in [0.1, 0.15) is 29.0 Å². The Morgan fingerprint density at radius 3 is 2.69 bits per heavy atom. The highest BCUT2D eigenvalue weighted by Gasteiger charge is 2.20. The summed E-state index contributed by atoms with van der Waals surface area (Å²) >= 11 is 0. The molecule has 1 rings (SSSR count). The fourth-order valence-electron chi connectivity index (χ4n) is 1.34. The molecule has 7 heteroatoms. The third-order valence-electron chi connectivity index (χ3n) is 2.09. The Hall–Kier alpha value is -1.37. The van der Waals surface area contributed by atoms with Crippen LogP contribution in [0.5, 0.6) is 0 Å². The van der Waals surface area contributed by atoms with Crippen molar-refractivity contribution in [3.8, 4) is 0 Å². The standard InChI is InChI=1S/C9H14F2N4O/c1-14(2)4-3-5-15-8(9(10)11)7(6-16)12-13-15/h6,9H,3-5H2,1-2H3. The molecule has 90 valence electrons. The third kappa shape index (κ3) is 3.06. The average Bonchev–Trinajstić information content (AvgIpc) is 2.60. The number of rotatable bonds is 6. The maximum absolute atomic E-state index is 12.6. The van der Waals surface area contributed by atoms with Crippen molar-refractivity contribution >= 4 is 6.29 Å². The van der Waals surface area contributed by atoms with E-state index in [4.69, 9.17) is 0 Å². The molecule has 16 heavy (non-hydrogen) atoms. The molecule has 0 amide bonds. The lowest BCUT2D eigenvalue weighted by atomic mass is 10.3. The van der Waals surface area contributed by atoms with Crippen molar-refractivity contribution in [3.05, 3.63) is 11.4 Å². The molecule has 0 saturated carbocycles. The van der Waals surface area contributed by atoms with Gasteiger partial charge < -0.3 is 4.90 Å². The minimum absolute atomic E-state index is 0.278. The van der Waals surface area contributed by atoms with Crippen LogP contribution in [0, 0.1) is 0 Å². The first-order chi connectivity index (χ1) is 7.56. The molecule has 0 radical (unpaired) electrons. The summed E-state index contributed by atoms with van der Waals surface area (Å²) in [5, 5.41) is 6.95. The number of alkyl halides is 2. The highest BCUT2D eigenvalue weighted by atomic mass is 19.3. The van der Waals surface area contributed by atoms with E-state index < -0.39 is 12.1 Å². The Balaban J connectivity index is 2.72. The summed E-state index contributed by atoms with van der Waals surface area (Å²) in [5.74, 6) is 0. The molecule has 0 saturated heterocycles. The van der Waals surface area contributed by atoms with Crippen LogP contribution in [-0.4, -0.2) is 46.8 Å². The van der Waals surface area contributed by atoms with Crippen molar-refractivity contribution in [1.29, 1.82) is 0 Å². The fourth-order valence-corrected chi connectivity index (χ4v) is 1.34. The molecule has 0 aromatic carbocycles. The van der Waals surface area contributed by atoms with E-state index in [-0.39, 0.29) is 5.69 Å². The van der Waals surface area contributed by atoms with Gasteiger partial charge in [0.1, 0.15) is 5.69 Å². The SMILES string of the molecule is CN(C)CCCn1nnc(C=O)c1C(F)F. The smallest absolute Gasteiger partial charge is 0.282 e. The van der Waals surface area contributed by atoms with Crippen molar-refractivity contribution in [2.75, 3.05) is 20.6 Å². The maximum atomic E-state index is 12.6. The largest absolute Gasteiger partial charge is 0.309 e. The van der Waals surface area contributed by atoms with Gasteiger partial charge in [-0.3, -0.25) is 4.79 Å². The van der Waals surface area contributed by atoms with Crippen LogP contribution in [0.3, 0.4) is 0 Å². The zero-order valence-corrected chi connectivity index (χ0v) is 9.23. The summed E-state index contributed by atoms with van der Waals surface area (Å²) in [5.41, 5.74) is -0.673. The predicted octanol–water partition coefficient (Wildman–Crippen LogP) is 0.980. The number of carbonyl (C=O) groups excluding carboxylic acids is 1. The summed E-state index contributed by atoms with van der Waals surface area (Å²) < 4.78 is 26.3. The molecule has 0 fully saturated rings. The van der Waals surface area contributed by atoms with Gasteiger partial charge in [0, 0.05) is 6.54 Å². The summed E-state index contributed by atoms with van der Waals surface area (Å²) in [4.78, 5) is 12.4. The molecule has 0 aliphatic heterocycles. The lowest BCUT2D eigenvalue weighted by Crippen LogP contribution is -2.16. The predicted molar refractivity (Wildman–Crippen MR) is 53.5 cm³/mol. The van der Waals surface area contributed by atoms with Crippen LogP contribution < -0.4 is 0 Å². The lowest BCUT2D eigenvalue weighted by molar-refractivity contribution is 0.109. The first kappa shape index (κ1) is 12.7. The molecule has 1 aromatic rings. The van der Waals surface area contributed by atoms with Crippen LogP contribution in [0.2, 0.25) is 0 Å². The maximum Gasteiger partial charge on any atom is 0.282 e. The van der Waals surface area contributed by atoms with E-state index in [1.165, 1.54) is 0 Å². The Kier molecular flexibility index (Phi) is 4.48. The minimum atomic E-state index is -2.73. The molecule has 0 aliphatic rings. The van der Waals surface area contributed by atoms with E-state index in [1.807, 2.05) is 19.0 Å². The van der Waals surface area contributed by atoms with Gasteiger partial charge in [0.2, 0.25) is 0 Å². The minimum Gasteiger partial charge on any atom is -0.309 e. The van der Waals surface area contributed by atoms with Crippen molar-refractivity contribution < 1.29 is 13.6 Å². The zero-order valence-electron chi connectivity index (χ0n) is 9.23. The van der Waals surface area contributed by atoms with Gasteiger partial charge in [-0.25, -0.2) is 13.5 Å². The number of hydrogen-bond donors (Lipinski definition) is 0. The van der Waals surface area contributed by atoms with Crippen molar-refractivity contribution in [1.82, 2.24) is 19.9 Å². The zero-order chi connectivity index (χ0) is 12.1. The molecule has 1 heterocycles. The van der Waals surface area contributed by atoms with E-state index in [0.29, 0.717) is 19.3 Å². The van der Waals surface area contributed by atoms with Gasteiger partial charge >= 0.3 is 0 Å². The Morgan fingerprint density at radius 2 is 2.19 bits per heavy atom. The van der Waals surface area contributed by atoms with Gasteiger partial charge in [-0.05, 0) is 27.1 Å². The summed E-state index contributed by atoms with van der Waals surface area (Å²) in [6.45, 7) is 1.09. The van der Waals surface area contributed by atoms with Crippen LogP contribution >= 0.6 is 0 Å². The number of carbonyl (C=O) groups is 1. The number of aryl methyl sites for hydroxylation is 1. The van der Waals surface area contributed by atoms with Crippen molar-refractivity contribution in [2.45, 2.75) is 19.4 Å². The number of aromatic nitrogens is 3. The molecule has 1 aromatic heterocycles. The topological polar surface area (TPSA) is 51.0 Å². The summed E-state index contributed by atoms with van der Waals surface area (Å²) in [6.07, 6.45) is -1.75. The first-order valence-corrected chi connectivity index (χ1v) is 4.87. The van der Waals surface area contributed by atoms with Crippen molar-refractivity contribution in [2.24, 2.45) is 0 Å². The molecule has 0 N–H and O–H groups in total. The highest BCUT2D eigenvalue weighted by molar-refractivity contribution is 5.73. The van der Waals surface area contributed by atoms with E-state index in [0.717, 1.165) is 11.2 Å². The Labute approximate surface area is 92.0 Å². The van der Waals surface area contributed by atoms with E-state index in [2.05, 4.69) is 10.3 Å². The van der Waals surface area contributed by atoms with E-state index in [1.54, 1.807) is 0 Å². The second-order valence-electron chi connectivity index (χ2n) is 3.66. The van der Waals surface area contributed by atoms with Gasteiger partial charge in [-0.1, -0.05) is 5.21 Å². The van der Waals surface area contributed by atoms with E-state index >= 15 is 0 Å². The number of halogens is 2. The number of hydrogen-bond acceptors (Lipinski definition) is 4. The molecule has 0 spiro atoms. The Bertz CT molecular complexity index is 351. The molecule has 0 aliphatic carbocycles. The molecular weight excluding hydrogens is 218 g/mol. The molecule has 0 atom stereocenters. The third-order valence-corrected chi connectivity index (χ3v) is 2.09. The first-order valence-electron chi connectivity index (χ1n) is 4.87. The van der Waals surface area contributed by atoms with Gasteiger partial charge in [0.25, 0.3) is 6.43 Å². The van der Waals surface area contributed by atoms with Crippen LogP contribution in [0.25, 0.3) is 0 Å². The average molecular weight is 232 g/mol. The van der Waals surface area contributed by atoms with E-state index in [9.17, 15) is 13.6 Å². The fraction of sp³-hybridized carbons (Fsp3) is 0.667. The molecule has 5 nitrogen and oxygen atoms in total. The van der Waals surface area contributed by atoms with Gasteiger partial charge in [-0.2, -0.15) is 0 Å². The van der Waals surface area contributed by atoms with Gasteiger partial charge in [0.15, 0.2) is 12.0 Å². The van der Waals surface area contributed by atoms with Gasteiger partial charge in [0.05, 0.1) is 0 Å². The second kappa shape index (κ2) is 5.64. The highest BCUT2D eigenvalue weighted by Crippen LogP contribution is 2.20. The monoisotopic (exact) mass is 232 g/mol. The van der Waals surface area contributed by atoms with Gasteiger partial charge in [-0.15, -0.1) is 5.10 Å². The van der Waals surface area contributed by atoms with Crippen LogP contribution in [0.4, 0.5) is 8.78 Å². The van der Waals surface area contributed by atoms with Crippen LogP contribution in [-0.2, 0) is 6.54 Å². The Morgan fingerprint density at radius 1 is 1.50 bits per heavy atom. The molecular formula is C9H14F2N4O. The summed E-state index contributed by atoms with van der Waals surface area (Å²) in [6, 6.07) is 0. The number of aldehydes is 1. The normalized spacial score (nSPS) is 11.4.